The lowest BCUT2D eigenvalue weighted by atomic mass is 10.3. The second-order valence-electron chi connectivity index (χ2n) is 6.25. The molecule has 30 heavy (non-hydrogen) atoms. The summed E-state index contributed by atoms with van der Waals surface area (Å²) >= 11 is 0. The molecule has 1 heterocycles. The van der Waals surface area contributed by atoms with Crippen LogP contribution in [0.15, 0.2) is 72.8 Å². The summed E-state index contributed by atoms with van der Waals surface area (Å²) < 4.78 is 21.5. The fraction of sp³-hybridized carbons (Fsp3) is 0.0909. The summed E-state index contributed by atoms with van der Waals surface area (Å²) in [4.78, 5) is 23.9. The smallest absolute Gasteiger partial charge is 0.325 e. The van der Waals surface area contributed by atoms with Crippen molar-refractivity contribution in [1.29, 1.82) is 0 Å². The van der Waals surface area contributed by atoms with E-state index in [1.54, 1.807) is 42.5 Å². The van der Waals surface area contributed by atoms with Crippen LogP contribution in [-0.4, -0.2) is 25.3 Å². The lowest BCUT2D eigenvalue weighted by Gasteiger charge is -2.09. The Morgan fingerprint density at radius 3 is 2.33 bits per heavy atom. The van der Waals surface area contributed by atoms with Crippen molar-refractivity contribution < 1.29 is 28.5 Å². The maximum atomic E-state index is 12.0. The molecule has 0 saturated carbocycles. The van der Waals surface area contributed by atoms with E-state index in [1.807, 2.05) is 30.3 Å². The van der Waals surface area contributed by atoms with Gasteiger partial charge in [0.25, 0.3) is 5.91 Å². The van der Waals surface area contributed by atoms with Gasteiger partial charge in [0.05, 0.1) is 0 Å². The van der Waals surface area contributed by atoms with Crippen LogP contribution < -0.4 is 29.6 Å². The summed E-state index contributed by atoms with van der Waals surface area (Å²) in [6.45, 7) is -0.171. The van der Waals surface area contributed by atoms with E-state index in [0.717, 1.165) is 0 Å². The highest BCUT2D eigenvalue weighted by Gasteiger charge is 2.15. The average molecular weight is 406 g/mol. The number of carbonyl (C=O) groups is 2. The SMILES string of the molecule is O=C(COc1ccc2c(c1)OCO2)NC(=O)Nc1ccc(Oc2ccccc2)cc1. The molecular weight excluding hydrogens is 388 g/mol. The molecule has 0 fully saturated rings. The highest BCUT2D eigenvalue weighted by molar-refractivity contribution is 6.01. The van der Waals surface area contributed by atoms with Crippen molar-refractivity contribution in [1.82, 2.24) is 5.32 Å². The minimum Gasteiger partial charge on any atom is -0.484 e. The quantitative estimate of drug-likeness (QED) is 0.644. The van der Waals surface area contributed by atoms with Crippen LogP contribution in [0.5, 0.6) is 28.7 Å². The fourth-order valence-electron chi connectivity index (χ4n) is 2.67. The number of anilines is 1. The number of carbonyl (C=O) groups excluding carboxylic acids is 2. The molecule has 1 aliphatic heterocycles. The van der Waals surface area contributed by atoms with Crippen LogP contribution in [0.3, 0.4) is 0 Å². The molecule has 2 N–H and O–H groups in total. The molecule has 8 heteroatoms. The van der Waals surface area contributed by atoms with Gasteiger partial charge in [-0.05, 0) is 48.5 Å². The molecule has 152 valence electrons. The summed E-state index contributed by atoms with van der Waals surface area (Å²) in [7, 11) is 0. The van der Waals surface area contributed by atoms with Crippen LogP contribution in [0, 0.1) is 0 Å². The van der Waals surface area contributed by atoms with Gasteiger partial charge in [0, 0.05) is 11.8 Å². The first-order chi connectivity index (χ1) is 14.7. The summed E-state index contributed by atoms with van der Waals surface area (Å²) in [6, 6.07) is 20.4. The van der Waals surface area contributed by atoms with E-state index < -0.39 is 11.9 Å². The predicted octanol–water partition coefficient (Wildman–Crippen LogP) is 3.93. The first-order valence-corrected chi connectivity index (χ1v) is 9.12. The number of para-hydroxylation sites is 1. The fourth-order valence-corrected chi connectivity index (χ4v) is 2.67. The first kappa shape index (κ1) is 19.1. The maximum absolute atomic E-state index is 12.0. The summed E-state index contributed by atoms with van der Waals surface area (Å²) in [5.74, 6) is 2.35. The molecule has 0 saturated heterocycles. The predicted molar refractivity (Wildman–Crippen MR) is 108 cm³/mol. The standard InChI is InChI=1S/C22H18N2O6/c25-21(13-27-18-10-11-19-20(12-18)29-14-28-19)24-22(26)23-15-6-8-17(9-7-15)30-16-4-2-1-3-5-16/h1-12H,13-14H2,(H2,23,24,25,26). The van der Waals surface area contributed by atoms with Crippen molar-refractivity contribution in [3.05, 3.63) is 72.8 Å². The number of ether oxygens (including phenoxy) is 4. The van der Waals surface area contributed by atoms with Gasteiger partial charge in [-0.1, -0.05) is 18.2 Å². The summed E-state index contributed by atoms with van der Waals surface area (Å²) in [5, 5.41) is 4.78. The Labute approximate surface area is 172 Å². The number of amides is 3. The monoisotopic (exact) mass is 406 g/mol. The zero-order valence-corrected chi connectivity index (χ0v) is 15.8. The molecule has 3 aromatic carbocycles. The molecule has 0 aromatic heterocycles. The van der Waals surface area contributed by atoms with Gasteiger partial charge in [0.15, 0.2) is 18.1 Å². The Kier molecular flexibility index (Phi) is 5.66. The van der Waals surface area contributed by atoms with E-state index in [2.05, 4.69) is 10.6 Å². The Hall–Kier alpha value is -4.20. The van der Waals surface area contributed by atoms with Gasteiger partial charge in [-0.25, -0.2) is 4.79 Å². The largest absolute Gasteiger partial charge is 0.484 e. The third-order valence-corrected chi connectivity index (χ3v) is 4.06. The molecule has 8 nitrogen and oxygen atoms in total. The van der Waals surface area contributed by atoms with Crippen LogP contribution in [0.2, 0.25) is 0 Å². The maximum Gasteiger partial charge on any atom is 0.325 e. The third-order valence-electron chi connectivity index (χ3n) is 4.06. The van der Waals surface area contributed by atoms with Crippen LogP contribution in [0.25, 0.3) is 0 Å². The third kappa shape index (κ3) is 4.99. The number of urea groups is 1. The Balaban J connectivity index is 1.23. The van der Waals surface area contributed by atoms with E-state index >= 15 is 0 Å². The second kappa shape index (κ2) is 8.87. The Bertz CT molecular complexity index is 1040. The lowest BCUT2D eigenvalue weighted by Crippen LogP contribution is -2.37. The van der Waals surface area contributed by atoms with E-state index in [9.17, 15) is 9.59 Å². The van der Waals surface area contributed by atoms with Crippen molar-refractivity contribution >= 4 is 17.6 Å². The van der Waals surface area contributed by atoms with Crippen molar-refractivity contribution in [2.75, 3.05) is 18.7 Å². The molecule has 1 aliphatic rings. The van der Waals surface area contributed by atoms with E-state index in [0.29, 0.717) is 34.4 Å². The molecule has 0 spiro atoms. The first-order valence-electron chi connectivity index (χ1n) is 9.12. The van der Waals surface area contributed by atoms with Gasteiger partial charge in [-0.15, -0.1) is 0 Å². The zero-order valence-electron chi connectivity index (χ0n) is 15.8. The molecule has 0 aliphatic carbocycles. The number of fused-ring (bicyclic) bond motifs is 1. The molecule has 0 unspecified atom stereocenters. The van der Waals surface area contributed by atoms with Crippen molar-refractivity contribution in [2.45, 2.75) is 0 Å². The highest BCUT2D eigenvalue weighted by atomic mass is 16.7. The Morgan fingerprint density at radius 1 is 0.833 bits per heavy atom. The molecular formula is C22H18N2O6. The lowest BCUT2D eigenvalue weighted by molar-refractivity contribution is -0.121. The van der Waals surface area contributed by atoms with E-state index in [-0.39, 0.29) is 13.4 Å². The number of rotatable bonds is 6. The van der Waals surface area contributed by atoms with Gasteiger partial charge in [0.2, 0.25) is 6.79 Å². The number of hydrogen-bond donors (Lipinski definition) is 2. The Morgan fingerprint density at radius 2 is 1.53 bits per heavy atom. The van der Waals surface area contributed by atoms with Crippen LogP contribution >= 0.6 is 0 Å². The molecule has 3 aromatic rings. The number of hydrogen-bond acceptors (Lipinski definition) is 6. The molecule has 4 rings (SSSR count). The average Bonchev–Trinajstić information content (AvgIpc) is 3.22. The van der Waals surface area contributed by atoms with Gasteiger partial charge in [0.1, 0.15) is 17.2 Å². The number of imide groups is 1. The summed E-state index contributed by atoms with van der Waals surface area (Å²) in [5.41, 5.74) is 0.511. The topological polar surface area (TPSA) is 95.1 Å². The van der Waals surface area contributed by atoms with Crippen molar-refractivity contribution in [2.24, 2.45) is 0 Å². The normalized spacial score (nSPS) is 11.5. The van der Waals surface area contributed by atoms with Gasteiger partial charge in [-0.3, -0.25) is 10.1 Å². The number of benzene rings is 3. The number of nitrogens with one attached hydrogen (secondary N) is 2. The minimum atomic E-state index is -0.661. The van der Waals surface area contributed by atoms with E-state index in [1.165, 1.54) is 0 Å². The van der Waals surface area contributed by atoms with Crippen LogP contribution in [-0.2, 0) is 4.79 Å². The van der Waals surface area contributed by atoms with E-state index in [4.69, 9.17) is 18.9 Å². The molecule has 0 atom stereocenters. The van der Waals surface area contributed by atoms with Gasteiger partial charge >= 0.3 is 6.03 Å². The second-order valence-corrected chi connectivity index (χ2v) is 6.25. The molecule has 3 amide bonds. The van der Waals surface area contributed by atoms with Crippen molar-refractivity contribution in [3.63, 3.8) is 0 Å². The van der Waals surface area contributed by atoms with Crippen LogP contribution in [0.1, 0.15) is 0 Å². The summed E-state index contributed by atoms with van der Waals surface area (Å²) in [6.07, 6.45) is 0. The minimum absolute atomic E-state index is 0.152. The zero-order chi connectivity index (χ0) is 20.8. The van der Waals surface area contributed by atoms with Crippen LogP contribution in [0.4, 0.5) is 10.5 Å². The molecule has 0 radical (unpaired) electrons. The highest BCUT2D eigenvalue weighted by Crippen LogP contribution is 2.35. The van der Waals surface area contributed by atoms with Gasteiger partial charge < -0.3 is 24.3 Å². The van der Waals surface area contributed by atoms with Crippen molar-refractivity contribution in [3.8, 4) is 28.7 Å². The molecule has 0 bridgehead atoms. The van der Waals surface area contributed by atoms with Gasteiger partial charge in [-0.2, -0.15) is 0 Å².